The molecular weight excluding hydrogens is 208 g/mol. The molecule has 1 aliphatic rings. The van der Waals surface area contributed by atoms with Crippen molar-refractivity contribution < 1.29 is 0 Å². The minimum Gasteiger partial charge on any atom is -0.373 e. The van der Waals surface area contributed by atoms with Crippen LogP contribution in [0, 0.1) is 0 Å². The molecule has 2 rings (SSSR count). The number of thioether (sulfide) groups is 1. The molecule has 5 heteroatoms. The molecule has 82 valence electrons. The van der Waals surface area contributed by atoms with Gasteiger partial charge in [0.25, 0.3) is 0 Å². The first kappa shape index (κ1) is 10.5. The monoisotopic (exact) mass is 224 g/mol. The van der Waals surface area contributed by atoms with Gasteiger partial charge in [-0.15, -0.1) is 0 Å². The van der Waals surface area contributed by atoms with Gasteiger partial charge in [-0.05, 0) is 19.1 Å². The zero-order chi connectivity index (χ0) is 10.7. The van der Waals surface area contributed by atoms with Gasteiger partial charge in [0.15, 0.2) is 0 Å². The van der Waals surface area contributed by atoms with E-state index in [4.69, 9.17) is 0 Å². The van der Waals surface area contributed by atoms with Crippen molar-refractivity contribution in [3.05, 3.63) is 12.4 Å². The van der Waals surface area contributed by atoms with Crippen molar-refractivity contribution in [3.8, 4) is 0 Å². The second-order valence-corrected chi connectivity index (χ2v) is 5.05. The smallest absolute Gasteiger partial charge is 0.131 e. The first-order valence-corrected chi connectivity index (χ1v) is 6.29. The van der Waals surface area contributed by atoms with Gasteiger partial charge >= 0.3 is 0 Å². The van der Waals surface area contributed by atoms with Crippen LogP contribution in [0.25, 0.3) is 0 Å². The minimum atomic E-state index is 0.463. The molecule has 0 unspecified atom stereocenters. The first-order valence-electron chi connectivity index (χ1n) is 5.07. The van der Waals surface area contributed by atoms with E-state index in [1.807, 2.05) is 24.9 Å². The van der Waals surface area contributed by atoms with E-state index in [0.717, 1.165) is 18.2 Å². The molecule has 1 aliphatic carbocycles. The number of rotatable bonds is 5. The van der Waals surface area contributed by atoms with E-state index in [1.165, 1.54) is 12.8 Å². The molecular formula is C10H16N4S. The standard InChI is InChI=1S/C10H16N4S/c1-11-8-5-9(14-7-13-8)12-6-10(15-2)3-4-10/h5,7H,3-4,6H2,1-2H3,(H2,11,12,13,14). The highest BCUT2D eigenvalue weighted by molar-refractivity contribution is 8.00. The van der Waals surface area contributed by atoms with Crippen LogP contribution in [-0.2, 0) is 0 Å². The van der Waals surface area contributed by atoms with Crippen LogP contribution in [0.15, 0.2) is 12.4 Å². The Bertz CT molecular complexity index is 338. The van der Waals surface area contributed by atoms with Gasteiger partial charge in [0.2, 0.25) is 0 Å². The van der Waals surface area contributed by atoms with Crippen molar-refractivity contribution in [2.24, 2.45) is 0 Å². The quantitative estimate of drug-likeness (QED) is 0.799. The lowest BCUT2D eigenvalue weighted by Crippen LogP contribution is -2.18. The number of hydrogen-bond donors (Lipinski definition) is 2. The molecule has 0 atom stereocenters. The maximum atomic E-state index is 4.18. The van der Waals surface area contributed by atoms with Crippen molar-refractivity contribution in [3.63, 3.8) is 0 Å². The molecule has 0 spiro atoms. The Morgan fingerprint density at radius 3 is 2.73 bits per heavy atom. The first-order chi connectivity index (χ1) is 7.28. The molecule has 0 radical (unpaired) electrons. The summed E-state index contributed by atoms with van der Waals surface area (Å²) in [6, 6.07) is 1.93. The molecule has 15 heavy (non-hydrogen) atoms. The van der Waals surface area contributed by atoms with Gasteiger partial charge in [0.05, 0.1) is 0 Å². The van der Waals surface area contributed by atoms with Crippen LogP contribution < -0.4 is 10.6 Å². The third kappa shape index (κ3) is 2.53. The summed E-state index contributed by atoms with van der Waals surface area (Å²) in [6.45, 7) is 0.994. The summed E-state index contributed by atoms with van der Waals surface area (Å²) in [6.07, 6.45) is 6.37. The van der Waals surface area contributed by atoms with E-state index < -0.39 is 0 Å². The summed E-state index contributed by atoms with van der Waals surface area (Å²) in [4.78, 5) is 8.25. The van der Waals surface area contributed by atoms with Gasteiger partial charge in [0, 0.05) is 24.4 Å². The zero-order valence-corrected chi connectivity index (χ0v) is 9.90. The SMILES string of the molecule is CNc1cc(NCC2(SC)CC2)ncn1. The molecule has 1 fully saturated rings. The van der Waals surface area contributed by atoms with E-state index in [2.05, 4.69) is 26.9 Å². The van der Waals surface area contributed by atoms with Crippen LogP contribution in [-0.4, -0.2) is 34.6 Å². The van der Waals surface area contributed by atoms with Gasteiger partial charge in [-0.3, -0.25) is 0 Å². The van der Waals surface area contributed by atoms with Gasteiger partial charge in [-0.25, -0.2) is 9.97 Å². The predicted octanol–water partition coefficient (Wildman–Crippen LogP) is 1.83. The van der Waals surface area contributed by atoms with Crippen molar-refractivity contribution in [1.29, 1.82) is 0 Å². The summed E-state index contributed by atoms with van der Waals surface area (Å²) in [7, 11) is 1.86. The molecule has 1 heterocycles. The fourth-order valence-corrected chi connectivity index (χ4v) is 2.16. The Balaban J connectivity index is 1.93. The molecule has 1 aromatic heterocycles. The minimum absolute atomic E-state index is 0.463. The molecule has 4 nitrogen and oxygen atoms in total. The maximum Gasteiger partial charge on any atom is 0.131 e. The van der Waals surface area contributed by atoms with Gasteiger partial charge in [0.1, 0.15) is 18.0 Å². The van der Waals surface area contributed by atoms with Crippen molar-refractivity contribution in [2.75, 3.05) is 30.5 Å². The van der Waals surface area contributed by atoms with Crippen LogP contribution in [0.1, 0.15) is 12.8 Å². The fraction of sp³-hybridized carbons (Fsp3) is 0.600. The highest BCUT2D eigenvalue weighted by atomic mass is 32.2. The van der Waals surface area contributed by atoms with Gasteiger partial charge < -0.3 is 10.6 Å². The fourth-order valence-electron chi connectivity index (χ4n) is 1.43. The summed E-state index contributed by atoms with van der Waals surface area (Å²) < 4.78 is 0.463. The zero-order valence-electron chi connectivity index (χ0n) is 9.08. The van der Waals surface area contributed by atoms with E-state index in [1.54, 1.807) is 6.33 Å². The second kappa shape index (κ2) is 4.26. The van der Waals surface area contributed by atoms with E-state index in [0.29, 0.717) is 4.75 Å². The van der Waals surface area contributed by atoms with Crippen molar-refractivity contribution >= 4 is 23.4 Å². The largest absolute Gasteiger partial charge is 0.373 e. The molecule has 1 aromatic rings. The molecule has 0 bridgehead atoms. The van der Waals surface area contributed by atoms with Crippen molar-refractivity contribution in [1.82, 2.24) is 9.97 Å². The van der Waals surface area contributed by atoms with Crippen LogP contribution in [0.4, 0.5) is 11.6 Å². The lowest BCUT2D eigenvalue weighted by Gasteiger charge is -2.13. The van der Waals surface area contributed by atoms with Crippen LogP contribution >= 0.6 is 11.8 Å². The Morgan fingerprint density at radius 1 is 1.40 bits per heavy atom. The van der Waals surface area contributed by atoms with Gasteiger partial charge in [-0.2, -0.15) is 11.8 Å². The topological polar surface area (TPSA) is 49.8 Å². The molecule has 1 saturated carbocycles. The van der Waals surface area contributed by atoms with Crippen LogP contribution in [0.5, 0.6) is 0 Å². The lowest BCUT2D eigenvalue weighted by atomic mass is 10.4. The Morgan fingerprint density at radius 2 is 2.13 bits per heavy atom. The third-order valence-electron chi connectivity index (χ3n) is 2.76. The van der Waals surface area contributed by atoms with Crippen molar-refractivity contribution in [2.45, 2.75) is 17.6 Å². The Labute approximate surface area is 94.3 Å². The lowest BCUT2D eigenvalue weighted by molar-refractivity contribution is 0.937. The Hall–Kier alpha value is -0.970. The number of nitrogens with one attached hydrogen (secondary N) is 2. The summed E-state index contributed by atoms with van der Waals surface area (Å²) in [5.41, 5.74) is 0. The molecule has 0 saturated heterocycles. The van der Waals surface area contributed by atoms with E-state index in [-0.39, 0.29) is 0 Å². The van der Waals surface area contributed by atoms with E-state index in [9.17, 15) is 0 Å². The maximum absolute atomic E-state index is 4.18. The summed E-state index contributed by atoms with van der Waals surface area (Å²) in [5.74, 6) is 1.75. The number of aromatic nitrogens is 2. The van der Waals surface area contributed by atoms with Crippen LogP contribution in [0.2, 0.25) is 0 Å². The molecule has 0 aliphatic heterocycles. The highest BCUT2D eigenvalue weighted by Gasteiger charge is 2.41. The average Bonchev–Trinajstić information content (AvgIpc) is 3.07. The van der Waals surface area contributed by atoms with E-state index >= 15 is 0 Å². The van der Waals surface area contributed by atoms with Crippen LogP contribution in [0.3, 0.4) is 0 Å². The summed E-state index contributed by atoms with van der Waals surface area (Å²) >= 11 is 1.95. The number of nitrogens with zero attached hydrogens (tertiary/aromatic N) is 2. The number of anilines is 2. The van der Waals surface area contributed by atoms with Gasteiger partial charge in [-0.1, -0.05) is 0 Å². The molecule has 0 aromatic carbocycles. The molecule has 2 N–H and O–H groups in total. The number of hydrogen-bond acceptors (Lipinski definition) is 5. The molecule has 0 amide bonds. The normalized spacial score (nSPS) is 17.2. The average molecular weight is 224 g/mol. The highest BCUT2D eigenvalue weighted by Crippen LogP contribution is 2.46. The summed E-state index contributed by atoms with van der Waals surface area (Å²) in [5, 5.41) is 6.36. The Kier molecular flexibility index (Phi) is 3.00. The predicted molar refractivity (Wildman–Crippen MR) is 65.5 cm³/mol. The second-order valence-electron chi connectivity index (χ2n) is 3.78. The third-order valence-corrected chi connectivity index (χ3v) is 4.17.